The van der Waals surface area contributed by atoms with Crippen LogP contribution in [0.1, 0.15) is 44.2 Å². The van der Waals surface area contributed by atoms with Crippen LogP contribution in [0, 0.1) is 6.92 Å². The Hall–Kier alpha value is -3.07. The predicted octanol–water partition coefficient (Wildman–Crippen LogP) is 6.22. The maximum atomic E-state index is 14.1. The Labute approximate surface area is 247 Å². The number of nitrogens with zero attached hydrogens (tertiary/aromatic N) is 2. The van der Waals surface area contributed by atoms with Crippen molar-refractivity contribution in [3.8, 4) is 0 Å². The number of nitrogens with one attached hydrogen (secondary N) is 1. The van der Waals surface area contributed by atoms with Crippen molar-refractivity contribution in [2.75, 3.05) is 17.4 Å². The Morgan fingerprint density at radius 2 is 1.65 bits per heavy atom. The number of sulfonamides is 1. The van der Waals surface area contributed by atoms with E-state index < -0.39 is 28.5 Å². The van der Waals surface area contributed by atoms with Crippen molar-refractivity contribution in [2.45, 2.75) is 57.5 Å². The van der Waals surface area contributed by atoms with E-state index in [9.17, 15) is 18.0 Å². The maximum Gasteiger partial charge on any atom is 0.264 e. The van der Waals surface area contributed by atoms with Gasteiger partial charge in [0.05, 0.1) is 20.6 Å². The van der Waals surface area contributed by atoms with Crippen LogP contribution in [0.3, 0.4) is 0 Å². The molecule has 0 aliphatic heterocycles. The lowest BCUT2D eigenvalue weighted by molar-refractivity contribution is -0.140. The number of aryl methyl sites for hydroxylation is 1. The van der Waals surface area contributed by atoms with Crippen LogP contribution in [0.25, 0.3) is 0 Å². The fourth-order valence-electron chi connectivity index (χ4n) is 4.35. The number of rotatable bonds is 13. The van der Waals surface area contributed by atoms with Gasteiger partial charge >= 0.3 is 0 Å². The van der Waals surface area contributed by atoms with Gasteiger partial charge in [-0.15, -0.1) is 0 Å². The first-order valence-corrected chi connectivity index (χ1v) is 15.4. The van der Waals surface area contributed by atoms with Crippen molar-refractivity contribution < 1.29 is 18.0 Å². The predicted molar refractivity (Wildman–Crippen MR) is 161 cm³/mol. The number of benzene rings is 3. The molecule has 0 bridgehead atoms. The second-order valence-corrected chi connectivity index (χ2v) is 12.1. The van der Waals surface area contributed by atoms with Gasteiger partial charge in [-0.2, -0.15) is 0 Å². The molecule has 0 heterocycles. The van der Waals surface area contributed by atoms with Crippen LogP contribution in [0.4, 0.5) is 5.69 Å². The molecule has 0 aliphatic carbocycles. The first-order chi connectivity index (χ1) is 19.1. The van der Waals surface area contributed by atoms with E-state index in [-0.39, 0.29) is 33.1 Å². The van der Waals surface area contributed by atoms with Gasteiger partial charge < -0.3 is 10.2 Å². The van der Waals surface area contributed by atoms with Crippen LogP contribution in [-0.2, 0) is 26.2 Å². The molecule has 0 spiro atoms. The quantitative estimate of drug-likeness (QED) is 0.235. The van der Waals surface area contributed by atoms with E-state index in [2.05, 4.69) is 5.32 Å². The van der Waals surface area contributed by atoms with E-state index in [1.165, 1.54) is 23.1 Å². The molecule has 0 saturated heterocycles. The largest absolute Gasteiger partial charge is 0.354 e. The highest BCUT2D eigenvalue weighted by Gasteiger charge is 2.34. The average Bonchev–Trinajstić information content (AvgIpc) is 2.94. The van der Waals surface area contributed by atoms with Crippen molar-refractivity contribution in [1.82, 2.24) is 10.2 Å². The number of hydrogen-bond donors (Lipinski definition) is 1. The van der Waals surface area contributed by atoms with Gasteiger partial charge in [-0.25, -0.2) is 8.42 Å². The monoisotopic (exact) mass is 603 g/mol. The SMILES string of the molecule is CCCCNC(=O)[C@H](CC)N(Cc1cccc(C)c1)C(=O)CN(c1cccc(Cl)c1Cl)S(=O)(=O)c1ccccc1. The van der Waals surface area contributed by atoms with E-state index in [1.54, 1.807) is 30.3 Å². The van der Waals surface area contributed by atoms with Gasteiger partial charge in [0.15, 0.2) is 0 Å². The van der Waals surface area contributed by atoms with Crippen LogP contribution >= 0.6 is 23.2 Å². The second kappa shape index (κ2) is 14.5. The Balaban J connectivity index is 2.07. The van der Waals surface area contributed by atoms with Gasteiger partial charge in [0, 0.05) is 13.1 Å². The second-order valence-electron chi connectivity index (χ2n) is 9.48. The zero-order valence-corrected chi connectivity index (χ0v) is 25.3. The minimum Gasteiger partial charge on any atom is -0.354 e. The number of carbonyl (C=O) groups excluding carboxylic acids is 2. The summed E-state index contributed by atoms with van der Waals surface area (Å²) in [6.45, 7) is 5.84. The van der Waals surface area contributed by atoms with Crippen molar-refractivity contribution in [3.05, 3.63) is 94.0 Å². The third kappa shape index (κ3) is 7.77. The summed E-state index contributed by atoms with van der Waals surface area (Å²) in [7, 11) is -4.23. The van der Waals surface area contributed by atoms with Gasteiger partial charge in [-0.05, 0) is 49.6 Å². The molecule has 0 radical (unpaired) electrons. The highest BCUT2D eigenvalue weighted by atomic mass is 35.5. The van der Waals surface area contributed by atoms with Gasteiger partial charge in [0.2, 0.25) is 11.8 Å². The molecular weight excluding hydrogens is 569 g/mol. The molecule has 0 aromatic heterocycles. The molecule has 0 saturated carbocycles. The number of halogens is 2. The summed E-state index contributed by atoms with van der Waals surface area (Å²) in [6.07, 6.45) is 2.07. The molecule has 10 heteroatoms. The summed E-state index contributed by atoms with van der Waals surface area (Å²) in [5.41, 5.74) is 1.90. The van der Waals surface area contributed by atoms with Gasteiger partial charge in [0.25, 0.3) is 10.0 Å². The smallest absolute Gasteiger partial charge is 0.264 e. The zero-order valence-electron chi connectivity index (χ0n) is 22.9. The van der Waals surface area contributed by atoms with Crippen molar-refractivity contribution in [3.63, 3.8) is 0 Å². The standard InChI is InChI=1S/C30H35Cl2N3O4S/c1-4-6-18-33-30(37)26(5-2)34(20-23-13-10-12-22(3)19-23)28(36)21-35(27-17-11-16-25(31)29(27)32)40(38,39)24-14-8-7-9-15-24/h7-17,19,26H,4-6,18,20-21H2,1-3H3,(H,33,37)/t26-/m0/s1. The molecule has 0 fully saturated rings. The van der Waals surface area contributed by atoms with Crippen LogP contribution < -0.4 is 9.62 Å². The van der Waals surface area contributed by atoms with E-state index in [0.29, 0.717) is 13.0 Å². The Morgan fingerprint density at radius 3 is 2.30 bits per heavy atom. The number of carbonyl (C=O) groups is 2. The van der Waals surface area contributed by atoms with Crippen molar-refractivity contribution >= 4 is 50.7 Å². The molecule has 0 unspecified atom stereocenters. The van der Waals surface area contributed by atoms with Crippen LogP contribution in [0.15, 0.2) is 77.7 Å². The fraction of sp³-hybridized carbons (Fsp3) is 0.333. The van der Waals surface area contributed by atoms with Crippen molar-refractivity contribution in [2.24, 2.45) is 0 Å². The summed E-state index contributed by atoms with van der Waals surface area (Å²) in [5.74, 6) is -0.829. The maximum absolute atomic E-state index is 14.1. The summed E-state index contributed by atoms with van der Waals surface area (Å²) in [6, 6.07) is 19.3. The Morgan fingerprint density at radius 1 is 0.950 bits per heavy atom. The highest BCUT2D eigenvalue weighted by Crippen LogP contribution is 2.35. The van der Waals surface area contributed by atoms with Crippen LogP contribution in [0.5, 0.6) is 0 Å². The molecule has 1 atom stereocenters. The average molecular weight is 605 g/mol. The van der Waals surface area contributed by atoms with Gasteiger partial charge in [0.1, 0.15) is 12.6 Å². The van der Waals surface area contributed by atoms with Crippen LogP contribution in [0.2, 0.25) is 10.0 Å². The van der Waals surface area contributed by atoms with E-state index >= 15 is 0 Å². The van der Waals surface area contributed by atoms with E-state index in [0.717, 1.165) is 28.3 Å². The zero-order chi connectivity index (χ0) is 29.3. The van der Waals surface area contributed by atoms with Gasteiger partial charge in [-0.1, -0.05) is 97.6 Å². The Kier molecular flexibility index (Phi) is 11.4. The summed E-state index contributed by atoms with van der Waals surface area (Å²) >= 11 is 12.7. The summed E-state index contributed by atoms with van der Waals surface area (Å²) in [4.78, 5) is 28.8. The molecule has 0 aliphatic rings. The molecular formula is C30H35Cl2N3O4S. The molecule has 7 nitrogen and oxygen atoms in total. The fourth-order valence-corrected chi connectivity index (χ4v) is 6.25. The number of hydrogen-bond acceptors (Lipinski definition) is 4. The first-order valence-electron chi connectivity index (χ1n) is 13.2. The lowest BCUT2D eigenvalue weighted by Gasteiger charge is -2.33. The highest BCUT2D eigenvalue weighted by molar-refractivity contribution is 7.92. The van der Waals surface area contributed by atoms with Crippen LogP contribution in [-0.4, -0.2) is 44.3 Å². The molecule has 2 amide bonds. The minimum absolute atomic E-state index is 0.00561. The third-order valence-electron chi connectivity index (χ3n) is 6.46. The number of anilines is 1. The van der Waals surface area contributed by atoms with Crippen molar-refractivity contribution in [1.29, 1.82) is 0 Å². The summed E-state index contributed by atoms with van der Waals surface area (Å²) in [5, 5.41) is 3.08. The molecule has 40 heavy (non-hydrogen) atoms. The molecule has 1 N–H and O–H groups in total. The summed E-state index contributed by atoms with van der Waals surface area (Å²) < 4.78 is 28.7. The normalized spacial score (nSPS) is 12.0. The van der Waals surface area contributed by atoms with E-state index in [4.69, 9.17) is 23.2 Å². The molecule has 214 valence electrons. The number of unbranched alkanes of at least 4 members (excludes halogenated alkanes) is 1. The molecule has 3 aromatic carbocycles. The Bertz CT molecular complexity index is 1420. The molecule has 3 rings (SSSR count). The number of amides is 2. The lowest BCUT2D eigenvalue weighted by atomic mass is 10.1. The van der Waals surface area contributed by atoms with Gasteiger partial charge in [-0.3, -0.25) is 13.9 Å². The minimum atomic E-state index is -4.23. The third-order valence-corrected chi connectivity index (χ3v) is 9.04. The first kappa shape index (κ1) is 31.5. The topological polar surface area (TPSA) is 86.8 Å². The lowest BCUT2D eigenvalue weighted by Crippen LogP contribution is -2.52. The van der Waals surface area contributed by atoms with E-state index in [1.807, 2.05) is 45.0 Å². The molecule has 3 aromatic rings.